The van der Waals surface area contributed by atoms with Crippen LogP contribution >= 0.6 is 0 Å². The predicted molar refractivity (Wildman–Crippen MR) is 50.8 cm³/mol. The van der Waals surface area contributed by atoms with E-state index in [1.54, 1.807) is 0 Å². The molecule has 0 spiro atoms. The highest BCUT2D eigenvalue weighted by molar-refractivity contribution is 5.05. The van der Waals surface area contributed by atoms with E-state index >= 15 is 0 Å². The zero-order chi connectivity index (χ0) is 10.6. The average Bonchev–Trinajstić information content (AvgIpc) is 2.48. The maximum absolute atomic E-state index is 8.79. The second kappa shape index (κ2) is 5.09. The molecular formula is C9H16N2O3. The molecule has 0 bridgehead atoms. The van der Waals surface area contributed by atoms with Crippen molar-refractivity contribution in [3.05, 3.63) is 17.3 Å². The van der Waals surface area contributed by atoms with Crippen LogP contribution in [0, 0.1) is 13.8 Å². The van der Waals surface area contributed by atoms with E-state index < -0.39 is 0 Å². The molecule has 0 atom stereocenters. The van der Waals surface area contributed by atoms with Crippen LogP contribution in [0.2, 0.25) is 0 Å². The van der Waals surface area contributed by atoms with E-state index in [1.165, 1.54) is 0 Å². The first-order chi connectivity index (χ1) is 6.67. The van der Waals surface area contributed by atoms with Crippen LogP contribution in [0.15, 0.2) is 4.42 Å². The van der Waals surface area contributed by atoms with Gasteiger partial charge in [-0.05, 0) is 13.8 Å². The van der Waals surface area contributed by atoms with Crippen LogP contribution in [0.1, 0.15) is 17.3 Å². The first-order valence-corrected chi connectivity index (χ1v) is 4.55. The number of nitrogens with zero attached hydrogens (tertiary/aromatic N) is 1. The van der Waals surface area contributed by atoms with E-state index in [0.717, 1.165) is 11.5 Å². The van der Waals surface area contributed by atoms with Crippen molar-refractivity contribution in [2.45, 2.75) is 26.4 Å². The van der Waals surface area contributed by atoms with Crippen molar-refractivity contribution >= 4 is 0 Å². The lowest BCUT2D eigenvalue weighted by atomic mass is 10.3. The van der Waals surface area contributed by atoms with E-state index in [2.05, 4.69) is 10.3 Å². The molecule has 0 aliphatic rings. The van der Waals surface area contributed by atoms with Crippen LogP contribution in [-0.4, -0.2) is 34.5 Å². The summed E-state index contributed by atoms with van der Waals surface area (Å²) in [7, 11) is 0. The van der Waals surface area contributed by atoms with Crippen molar-refractivity contribution in [1.29, 1.82) is 0 Å². The Kier molecular flexibility index (Phi) is 4.06. The van der Waals surface area contributed by atoms with E-state index in [-0.39, 0.29) is 19.3 Å². The molecule has 0 fully saturated rings. The smallest absolute Gasteiger partial charge is 0.208 e. The van der Waals surface area contributed by atoms with Crippen LogP contribution in [0.25, 0.3) is 0 Å². The summed E-state index contributed by atoms with van der Waals surface area (Å²) in [5.41, 5.74) is 0.867. The SMILES string of the molecule is Cc1nc(CNC(CO)CO)oc1C. The molecule has 80 valence electrons. The third-order valence-corrected chi connectivity index (χ3v) is 2.06. The Bertz CT molecular complexity index is 262. The van der Waals surface area contributed by atoms with Crippen LogP contribution < -0.4 is 5.32 Å². The standard InChI is InChI=1S/C9H16N2O3/c1-6-7(2)14-9(11-6)3-10-8(4-12)5-13/h8,10,12-13H,3-5H2,1-2H3. The average molecular weight is 200 g/mol. The third-order valence-electron chi connectivity index (χ3n) is 2.06. The number of rotatable bonds is 5. The molecule has 1 heterocycles. The van der Waals surface area contributed by atoms with Gasteiger partial charge in [0.1, 0.15) is 5.76 Å². The van der Waals surface area contributed by atoms with E-state index in [9.17, 15) is 0 Å². The molecule has 0 radical (unpaired) electrons. The minimum absolute atomic E-state index is 0.102. The topological polar surface area (TPSA) is 78.5 Å². The second-order valence-corrected chi connectivity index (χ2v) is 3.19. The summed E-state index contributed by atoms with van der Waals surface area (Å²) in [6, 6.07) is -0.317. The molecule has 0 amide bonds. The third kappa shape index (κ3) is 2.80. The van der Waals surface area contributed by atoms with Gasteiger partial charge >= 0.3 is 0 Å². The van der Waals surface area contributed by atoms with E-state index in [0.29, 0.717) is 12.4 Å². The normalized spacial score (nSPS) is 11.2. The molecule has 0 unspecified atom stereocenters. The van der Waals surface area contributed by atoms with Gasteiger partial charge in [-0.3, -0.25) is 0 Å². The summed E-state index contributed by atoms with van der Waals surface area (Å²) in [5.74, 6) is 1.37. The zero-order valence-electron chi connectivity index (χ0n) is 8.45. The second-order valence-electron chi connectivity index (χ2n) is 3.19. The van der Waals surface area contributed by atoms with Gasteiger partial charge in [0.2, 0.25) is 5.89 Å². The van der Waals surface area contributed by atoms with Gasteiger partial charge in [0.15, 0.2) is 0 Å². The number of aromatic nitrogens is 1. The number of nitrogens with one attached hydrogen (secondary N) is 1. The predicted octanol–water partition coefficient (Wildman–Crippen LogP) is -0.266. The quantitative estimate of drug-likeness (QED) is 0.610. The Balaban J connectivity index is 2.45. The number of aliphatic hydroxyl groups excluding tert-OH is 2. The Morgan fingerprint density at radius 1 is 1.36 bits per heavy atom. The molecule has 0 aliphatic carbocycles. The van der Waals surface area contributed by atoms with Gasteiger partial charge in [-0.1, -0.05) is 0 Å². The fraction of sp³-hybridized carbons (Fsp3) is 0.667. The number of oxazole rings is 1. The van der Waals surface area contributed by atoms with Crippen molar-refractivity contribution in [1.82, 2.24) is 10.3 Å². The monoisotopic (exact) mass is 200 g/mol. The number of hydrogen-bond donors (Lipinski definition) is 3. The highest BCUT2D eigenvalue weighted by atomic mass is 16.4. The minimum Gasteiger partial charge on any atom is -0.444 e. The molecule has 1 rings (SSSR count). The molecule has 0 aromatic carbocycles. The van der Waals surface area contributed by atoms with Gasteiger partial charge in [-0.2, -0.15) is 0 Å². The molecule has 0 saturated heterocycles. The molecule has 1 aromatic heterocycles. The van der Waals surface area contributed by atoms with Crippen molar-refractivity contribution < 1.29 is 14.6 Å². The molecule has 0 saturated carbocycles. The first kappa shape index (κ1) is 11.2. The summed E-state index contributed by atoms with van der Waals surface area (Å²) >= 11 is 0. The Morgan fingerprint density at radius 2 is 2.00 bits per heavy atom. The van der Waals surface area contributed by atoms with Crippen molar-refractivity contribution in [3.63, 3.8) is 0 Å². The summed E-state index contributed by atoms with van der Waals surface area (Å²) < 4.78 is 5.32. The molecular weight excluding hydrogens is 184 g/mol. The largest absolute Gasteiger partial charge is 0.444 e. The summed E-state index contributed by atoms with van der Waals surface area (Å²) in [6.45, 7) is 3.93. The van der Waals surface area contributed by atoms with Crippen LogP contribution in [-0.2, 0) is 6.54 Å². The zero-order valence-corrected chi connectivity index (χ0v) is 8.45. The van der Waals surface area contributed by atoms with Crippen LogP contribution in [0.4, 0.5) is 0 Å². The van der Waals surface area contributed by atoms with Crippen LogP contribution in [0.3, 0.4) is 0 Å². The minimum atomic E-state index is -0.317. The van der Waals surface area contributed by atoms with Crippen molar-refractivity contribution in [2.24, 2.45) is 0 Å². The number of aryl methyl sites for hydroxylation is 2. The van der Waals surface area contributed by atoms with Gasteiger partial charge in [-0.15, -0.1) is 0 Å². The lowest BCUT2D eigenvalue weighted by Gasteiger charge is -2.10. The van der Waals surface area contributed by atoms with Gasteiger partial charge < -0.3 is 19.9 Å². The summed E-state index contributed by atoms with van der Waals surface area (Å²) in [5, 5.41) is 20.5. The van der Waals surface area contributed by atoms with E-state index in [1.807, 2.05) is 13.8 Å². The van der Waals surface area contributed by atoms with Gasteiger partial charge in [0, 0.05) is 0 Å². The number of hydrogen-bond acceptors (Lipinski definition) is 5. The fourth-order valence-electron chi connectivity index (χ4n) is 1.03. The number of aliphatic hydroxyl groups is 2. The summed E-state index contributed by atoms with van der Waals surface area (Å²) in [4.78, 5) is 4.16. The lowest BCUT2D eigenvalue weighted by molar-refractivity contribution is 0.168. The van der Waals surface area contributed by atoms with Gasteiger partial charge in [-0.25, -0.2) is 4.98 Å². The highest BCUT2D eigenvalue weighted by Crippen LogP contribution is 2.07. The maximum Gasteiger partial charge on any atom is 0.208 e. The molecule has 3 N–H and O–H groups in total. The fourth-order valence-corrected chi connectivity index (χ4v) is 1.03. The Morgan fingerprint density at radius 3 is 2.43 bits per heavy atom. The van der Waals surface area contributed by atoms with Crippen molar-refractivity contribution in [2.75, 3.05) is 13.2 Å². The van der Waals surface area contributed by atoms with Gasteiger partial charge in [0.25, 0.3) is 0 Å². The Labute approximate surface area is 82.8 Å². The van der Waals surface area contributed by atoms with Crippen LogP contribution in [0.5, 0.6) is 0 Å². The van der Waals surface area contributed by atoms with Crippen molar-refractivity contribution in [3.8, 4) is 0 Å². The summed E-state index contributed by atoms with van der Waals surface area (Å²) in [6.07, 6.45) is 0. The maximum atomic E-state index is 8.79. The Hall–Kier alpha value is -0.910. The lowest BCUT2D eigenvalue weighted by Crippen LogP contribution is -2.35. The molecule has 5 nitrogen and oxygen atoms in total. The molecule has 5 heteroatoms. The molecule has 14 heavy (non-hydrogen) atoms. The van der Waals surface area contributed by atoms with E-state index in [4.69, 9.17) is 14.6 Å². The highest BCUT2D eigenvalue weighted by Gasteiger charge is 2.08. The molecule has 1 aromatic rings. The molecule has 0 aliphatic heterocycles. The van der Waals surface area contributed by atoms with Gasteiger partial charge in [0.05, 0.1) is 31.5 Å². The first-order valence-electron chi connectivity index (χ1n) is 4.55.